The fraction of sp³-hybridized carbons (Fsp3) is 0.455. The average molecular weight is 217 g/mol. The summed E-state index contributed by atoms with van der Waals surface area (Å²) in [4.78, 5) is 0. The molecule has 0 fully saturated rings. The first-order valence-electron chi connectivity index (χ1n) is 4.60. The molecule has 1 unspecified atom stereocenters. The molecule has 0 saturated carbocycles. The molecule has 0 heterocycles. The number of alkyl halides is 1. The number of rotatable bonds is 4. The number of hydrogen-bond acceptors (Lipinski definition) is 0. The lowest BCUT2D eigenvalue weighted by atomic mass is 9.96. The summed E-state index contributed by atoms with van der Waals surface area (Å²) in [6, 6.07) is 7.94. The Morgan fingerprint density at radius 3 is 2.54 bits per heavy atom. The molecular formula is C11H14Cl2. The van der Waals surface area contributed by atoms with Gasteiger partial charge in [-0.25, -0.2) is 0 Å². The van der Waals surface area contributed by atoms with Crippen LogP contribution in [-0.2, 0) is 0 Å². The SMILES string of the molecule is CCCC(CCl)c1ccccc1Cl. The van der Waals surface area contributed by atoms with E-state index in [1.807, 2.05) is 18.2 Å². The van der Waals surface area contributed by atoms with Gasteiger partial charge in [-0.15, -0.1) is 11.6 Å². The lowest BCUT2D eigenvalue weighted by molar-refractivity contribution is 0.670. The van der Waals surface area contributed by atoms with Crippen molar-refractivity contribution < 1.29 is 0 Å². The first-order valence-corrected chi connectivity index (χ1v) is 5.51. The van der Waals surface area contributed by atoms with Crippen molar-refractivity contribution in [2.45, 2.75) is 25.7 Å². The Bertz CT molecular complexity index is 258. The minimum Gasteiger partial charge on any atom is -0.126 e. The van der Waals surface area contributed by atoms with Crippen LogP contribution in [0.1, 0.15) is 31.2 Å². The van der Waals surface area contributed by atoms with Crippen molar-refractivity contribution in [3.05, 3.63) is 34.9 Å². The fourth-order valence-corrected chi connectivity index (χ4v) is 2.08. The zero-order valence-electron chi connectivity index (χ0n) is 7.76. The van der Waals surface area contributed by atoms with Gasteiger partial charge in [-0.1, -0.05) is 43.1 Å². The molecule has 0 aliphatic rings. The Kier molecular flexibility index (Phi) is 4.61. The van der Waals surface area contributed by atoms with Gasteiger partial charge >= 0.3 is 0 Å². The first kappa shape index (κ1) is 10.9. The van der Waals surface area contributed by atoms with Gasteiger partial charge < -0.3 is 0 Å². The third-order valence-corrected chi connectivity index (χ3v) is 2.89. The molecule has 0 amide bonds. The molecule has 13 heavy (non-hydrogen) atoms. The largest absolute Gasteiger partial charge is 0.126 e. The van der Waals surface area contributed by atoms with Crippen molar-refractivity contribution in [2.75, 3.05) is 5.88 Å². The van der Waals surface area contributed by atoms with E-state index in [0.29, 0.717) is 11.8 Å². The van der Waals surface area contributed by atoms with E-state index >= 15 is 0 Å². The van der Waals surface area contributed by atoms with Crippen LogP contribution in [0.3, 0.4) is 0 Å². The van der Waals surface area contributed by atoms with Crippen LogP contribution in [0.15, 0.2) is 24.3 Å². The molecule has 0 spiro atoms. The molecule has 0 saturated heterocycles. The van der Waals surface area contributed by atoms with E-state index in [0.717, 1.165) is 17.9 Å². The molecular weight excluding hydrogens is 203 g/mol. The number of hydrogen-bond donors (Lipinski definition) is 0. The van der Waals surface area contributed by atoms with Crippen molar-refractivity contribution in [1.82, 2.24) is 0 Å². The standard InChI is InChI=1S/C11H14Cl2/c1-2-5-9(8-12)10-6-3-4-7-11(10)13/h3-4,6-7,9H,2,5,8H2,1H3. The van der Waals surface area contributed by atoms with Crippen molar-refractivity contribution in [2.24, 2.45) is 0 Å². The molecule has 0 aliphatic heterocycles. The van der Waals surface area contributed by atoms with E-state index in [2.05, 4.69) is 13.0 Å². The smallest absolute Gasteiger partial charge is 0.0441 e. The Hall–Kier alpha value is -0.200. The molecule has 0 radical (unpaired) electrons. The highest BCUT2D eigenvalue weighted by Crippen LogP contribution is 2.28. The molecule has 0 bridgehead atoms. The summed E-state index contributed by atoms with van der Waals surface area (Å²) in [6.07, 6.45) is 2.25. The van der Waals surface area contributed by atoms with Crippen LogP contribution in [-0.4, -0.2) is 5.88 Å². The predicted octanol–water partition coefficient (Wildman–Crippen LogP) is 4.46. The lowest BCUT2D eigenvalue weighted by Crippen LogP contribution is -2.00. The summed E-state index contributed by atoms with van der Waals surface area (Å²) in [7, 11) is 0. The van der Waals surface area contributed by atoms with E-state index in [4.69, 9.17) is 23.2 Å². The van der Waals surface area contributed by atoms with Gasteiger partial charge in [-0.2, -0.15) is 0 Å². The summed E-state index contributed by atoms with van der Waals surface area (Å²) >= 11 is 12.0. The molecule has 0 aliphatic carbocycles. The van der Waals surface area contributed by atoms with Crippen molar-refractivity contribution >= 4 is 23.2 Å². The van der Waals surface area contributed by atoms with Gasteiger partial charge in [-0.05, 0) is 24.0 Å². The maximum Gasteiger partial charge on any atom is 0.0441 e. The first-order chi connectivity index (χ1) is 6.29. The highest BCUT2D eigenvalue weighted by molar-refractivity contribution is 6.31. The molecule has 72 valence electrons. The van der Waals surface area contributed by atoms with Gasteiger partial charge in [-0.3, -0.25) is 0 Å². The molecule has 1 rings (SSSR count). The van der Waals surface area contributed by atoms with Crippen molar-refractivity contribution in [3.63, 3.8) is 0 Å². The van der Waals surface area contributed by atoms with E-state index in [1.54, 1.807) is 0 Å². The minimum atomic E-state index is 0.403. The van der Waals surface area contributed by atoms with Gasteiger partial charge in [0, 0.05) is 10.9 Å². The Balaban J connectivity index is 2.84. The summed E-state index contributed by atoms with van der Waals surface area (Å²) in [5.74, 6) is 1.05. The minimum absolute atomic E-state index is 0.403. The molecule has 0 N–H and O–H groups in total. The van der Waals surface area contributed by atoms with E-state index in [1.165, 1.54) is 5.56 Å². The molecule has 0 aromatic heterocycles. The lowest BCUT2D eigenvalue weighted by Gasteiger charge is -2.14. The highest BCUT2D eigenvalue weighted by Gasteiger charge is 2.11. The maximum absolute atomic E-state index is 6.07. The van der Waals surface area contributed by atoms with Crippen LogP contribution in [0.2, 0.25) is 5.02 Å². The Morgan fingerprint density at radius 1 is 1.31 bits per heavy atom. The van der Waals surface area contributed by atoms with Crippen LogP contribution < -0.4 is 0 Å². The fourth-order valence-electron chi connectivity index (χ4n) is 1.47. The molecule has 1 atom stereocenters. The van der Waals surface area contributed by atoms with E-state index < -0.39 is 0 Å². The van der Waals surface area contributed by atoms with E-state index in [9.17, 15) is 0 Å². The van der Waals surface area contributed by atoms with Crippen LogP contribution >= 0.6 is 23.2 Å². The number of halogens is 2. The van der Waals surface area contributed by atoms with E-state index in [-0.39, 0.29) is 0 Å². The van der Waals surface area contributed by atoms with Gasteiger partial charge in [0.15, 0.2) is 0 Å². The van der Waals surface area contributed by atoms with Gasteiger partial charge in [0.05, 0.1) is 0 Å². The second-order valence-corrected chi connectivity index (χ2v) is 3.88. The molecule has 1 aromatic carbocycles. The third kappa shape index (κ3) is 2.89. The van der Waals surface area contributed by atoms with Crippen LogP contribution in [0.25, 0.3) is 0 Å². The number of benzene rings is 1. The zero-order valence-corrected chi connectivity index (χ0v) is 9.28. The normalized spacial score (nSPS) is 12.8. The zero-order chi connectivity index (χ0) is 9.68. The Morgan fingerprint density at radius 2 is 2.00 bits per heavy atom. The maximum atomic E-state index is 6.07. The van der Waals surface area contributed by atoms with Crippen molar-refractivity contribution in [1.29, 1.82) is 0 Å². The average Bonchev–Trinajstić information content (AvgIpc) is 2.16. The summed E-state index contributed by atoms with van der Waals surface area (Å²) < 4.78 is 0. The second-order valence-electron chi connectivity index (χ2n) is 3.16. The quantitative estimate of drug-likeness (QED) is 0.653. The highest BCUT2D eigenvalue weighted by atomic mass is 35.5. The van der Waals surface area contributed by atoms with Crippen molar-refractivity contribution in [3.8, 4) is 0 Å². The van der Waals surface area contributed by atoms with Gasteiger partial charge in [0.1, 0.15) is 0 Å². The summed E-state index contributed by atoms with van der Waals surface area (Å²) in [5, 5.41) is 0.835. The van der Waals surface area contributed by atoms with Crippen LogP contribution in [0, 0.1) is 0 Å². The van der Waals surface area contributed by atoms with Gasteiger partial charge in [0.25, 0.3) is 0 Å². The molecule has 1 aromatic rings. The third-order valence-electron chi connectivity index (χ3n) is 2.17. The summed E-state index contributed by atoms with van der Waals surface area (Å²) in [5.41, 5.74) is 1.18. The topological polar surface area (TPSA) is 0 Å². The van der Waals surface area contributed by atoms with Gasteiger partial charge in [0.2, 0.25) is 0 Å². The molecule has 2 heteroatoms. The van der Waals surface area contributed by atoms with Crippen LogP contribution in [0.4, 0.5) is 0 Å². The summed E-state index contributed by atoms with van der Waals surface area (Å²) in [6.45, 7) is 2.16. The van der Waals surface area contributed by atoms with Crippen LogP contribution in [0.5, 0.6) is 0 Å². The predicted molar refractivity (Wildman–Crippen MR) is 59.8 cm³/mol. The molecule has 0 nitrogen and oxygen atoms in total. The Labute approximate surface area is 89.9 Å². The monoisotopic (exact) mass is 216 g/mol. The second kappa shape index (κ2) is 5.51.